The van der Waals surface area contributed by atoms with E-state index < -0.39 is 0 Å². The standard InChI is InChI=1S/C42H32N2/c1-5-13-32(14-6-1)35-21-25-40(26-22-35)44(41-27-23-36(24-28-41)33-15-7-2-8-16-33)42-30-37(34-17-9-3-10-18-34)29-39(31-42)43-38-19-11-4-12-20-38/h1-31,43H. The number of rotatable bonds is 8. The second kappa shape index (κ2) is 12.6. The number of nitrogens with one attached hydrogen (secondary N) is 1. The molecule has 0 aromatic heterocycles. The normalized spacial score (nSPS) is 10.7. The lowest BCUT2D eigenvalue weighted by Gasteiger charge is -2.27. The molecule has 7 aromatic carbocycles. The zero-order valence-corrected chi connectivity index (χ0v) is 24.3. The van der Waals surface area contributed by atoms with Crippen LogP contribution in [0.25, 0.3) is 33.4 Å². The highest BCUT2D eigenvalue weighted by atomic mass is 15.1. The minimum atomic E-state index is 1.03. The lowest BCUT2D eigenvalue weighted by atomic mass is 10.0. The van der Waals surface area contributed by atoms with Gasteiger partial charge >= 0.3 is 0 Å². The molecule has 210 valence electrons. The number of anilines is 5. The van der Waals surface area contributed by atoms with Crippen LogP contribution in [-0.2, 0) is 0 Å². The van der Waals surface area contributed by atoms with Crippen LogP contribution in [0.3, 0.4) is 0 Å². The summed E-state index contributed by atoms with van der Waals surface area (Å²) in [5, 5.41) is 3.65. The molecule has 0 amide bonds. The van der Waals surface area contributed by atoms with Crippen LogP contribution in [-0.4, -0.2) is 0 Å². The van der Waals surface area contributed by atoms with Crippen molar-refractivity contribution in [1.82, 2.24) is 0 Å². The van der Waals surface area contributed by atoms with E-state index in [4.69, 9.17) is 0 Å². The first-order valence-corrected chi connectivity index (χ1v) is 14.9. The van der Waals surface area contributed by atoms with Crippen LogP contribution in [0, 0.1) is 0 Å². The molecule has 44 heavy (non-hydrogen) atoms. The van der Waals surface area contributed by atoms with Gasteiger partial charge in [0.1, 0.15) is 0 Å². The molecule has 7 rings (SSSR count). The monoisotopic (exact) mass is 564 g/mol. The number of hydrogen-bond acceptors (Lipinski definition) is 2. The third kappa shape index (κ3) is 6.01. The molecule has 0 aliphatic heterocycles. The van der Waals surface area contributed by atoms with E-state index in [0.717, 1.165) is 34.0 Å². The summed E-state index contributed by atoms with van der Waals surface area (Å²) in [5.74, 6) is 0. The quantitative estimate of drug-likeness (QED) is 0.197. The fraction of sp³-hybridized carbons (Fsp3) is 0. The number of hydrogen-bond donors (Lipinski definition) is 1. The predicted octanol–water partition coefficient (Wildman–Crippen LogP) is 11.9. The van der Waals surface area contributed by atoms with Crippen molar-refractivity contribution in [2.75, 3.05) is 10.2 Å². The van der Waals surface area contributed by atoms with Gasteiger partial charge in [0.2, 0.25) is 0 Å². The minimum Gasteiger partial charge on any atom is -0.355 e. The molecule has 1 N–H and O–H groups in total. The van der Waals surface area contributed by atoms with Crippen molar-refractivity contribution in [2.24, 2.45) is 0 Å². The first-order chi connectivity index (χ1) is 21.8. The Bertz CT molecular complexity index is 1850. The highest BCUT2D eigenvalue weighted by Gasteiger charge is 2.16. The third-order valence-corrected chi connectivity index (χ3v) is 7.81. The van der Waals surface area contributed by atoms with E-state index in [1.165, 1.54) is 27.8 Å². The fourth-order valence-electron chi connectivity index (χ4n) is 5.61. The summed E-state index contributed by atoms with van der Waals surface area (Å²) in [6, 6.07) is 66.4. The molecule has 0 aliphatic carbocycles. The molecular formula is C42H32N2. The molecule has 0 bridgehead atoms. The lowest BCUT2D eigenvalue weighted by Crippen LogP contribution is -2.10. The van der Waals surface area contributed by atoms with Crippen molar-refractivity contribution in [2.45, 2.75) is 0 Å². The molecule has 0 radical (unpaired) electrons. The Kier molecular flexibility index (Phi) is 7.71. The first-order valence-electron chi connectivity index (χ1n) is 14.9. The molecule has 2 heteroatoms. The van der Waals surface area contributed by atoms with Crippen LogP contribution < -0.4 is 10.2 Å². The smallest absolute Gasteiger partial charge is 0.0488 e. The highest BCUT2D eigenvalue weighted by molar-refractivity contribution is 5.85. The van der Waals surface area contributed by atoms with Gasteiger partial charge in [0.15, 0.2) is 0 Å². The second-order valence-corrected chi connectivity index (χ2v) is 10.8. The zero-order valence-electron chi connectivity index (χ0n) is 24.3. The van der Waals surface area contributed by atoms with E-state index in [-0.39, 0.29) is 0 Å². The van der Waals surface area contributed by atoms with Crippen molar-refractivity contribution in [3.8, 4) is 33.4 Å². The van der Waals surface area contributed by atoms with Gasteiger partial charge in [-0.1, -0.05) is 133 Å². The summed E-state index contributed by atoms with van der Waals surface area (Å²) in [6.07, 6.45) is 0. The summed E-state index contributed by atoms with van der Waals surface area (Å²) in [4.78, 5) is 2.34. The number of para-hydroxylation sites is 1. The van der Waals surface area contributed by atoms with Crippen molar-refractivity contribution < 1.29 is 0 Å². The molecule has 0 aliphatic rings. The van der Waals surface area contributed by atoms with E-state index in [1.807, 2.05) is 6.07 Å². The van der Waals surface area contributed by atoms with E-state index in [1.54, 1.807) is 0 Å². The molecule has 0 fully saturated rings. The summed E-state index contributed by atoms with van der Waals surface area (Å²) < 4.78 is 0. The van der Waals surface area contributed by atoms with Crippen molar-refractivity contribution in [1.29, 1.82) is 0 Å². The SMILES string of the molecule is c1ccc(Nc2cc(-c3ccccc3)cc(N(c3ccc(-c4ccccc4)cc3)c3ccc(-c4ccccc4)cc3)c2)cc1. The van der Waals surface area contributed by atoms with E-state index in [2.05, 4.69) is 192 Å². The Morgan fingerprint density at radius 1 is 0.273 bits per heavy atom. The maximum atomic E-state index is 3.65. The average molecular weight is 565 g/mol. The average Bonchev–Trinajstić information content (AvgIpc) is 3.11. The number of nitrogens with zero attached hydrogens (tertiary/aromatic N) is 1. The third-order valence-electron chi connectivity index (χ3n) is 7.81. The van der Waals surface area contributed by atoms with E-state index in [9.17, 15) is 0 Å². The Hall–Kier alpha value is -5.86. The number of benzene rings is 7. The molecule has 0 heterocycles. The Labute approximate surface area is 259 Å². The Morgan fingerprint density at radius 3 is 1.11 bits per heavy atom. The van der Waals surface area contributed by atoms with Gasteiger partial charge in [-0.3, -0.25) is 0 Å². The highest BCUT2D eigenvalue weighted by Crippen LogP contribution is 2.40. The predicted molar refractivity (Wildman–Crippen MR) is 187 cm³/mol. The van der Waals surface area contributed by atoms with Crippen LogP contribution in [0.4, 0.5) is 28.4 Å². The van der Waals surface area contributed by atoms with Gasteiger partial charge in [-0.15, -0.1) is 0 Å². The maximum Gasteiger partial charge on any atom is 0.0488 e. The first kappa shape index (κ1) is 27.0. The molecule has 0 saturated carbocycles. The van der Waals surface area contributed by atoms with Gasteiger partial charge in [-0.05, 0) is 88.0 Å². The second-order valence-electron chi connectivity index (χ2n) is 10.8. The van der Waals surface area contributed by atoms with Crippen LogP contribution in [0.5, 0.6) is 0 Å². The summed E-state index contributed by atoms with van der Waals surface area (Å²) in [6.45, 7) is 0. The van der Waals surface area contributed by atoms with Gasteiger partial charge in [0.05, 0.1) is 0 Å². The zero-order chi connectivity index (χ0) is 29.6. The van der Waals surface area contributed by atoms with Gasteiger partial charge < -0.3 is 10.2 Å². The van der Waals surface area contributed by atoms with E-state index >= 15 is 0 Å². The van der Waals surface area contributed by atoms with Crippen molar-refractivity contribution in [3.05, 3.63) is 188 Å². The summed E-state index contributed by atoms with van der Waals surface area (Å²) >= 11 is 0. The summed E-state index contributed by atoms with van der Waals surface area (Å²) in [7, 11) is 0. The van der Waals surface area contributed by atoms with Gasteiger partial charge in [0.25, 0.3) is 0 Å². The molecule has 0 atom stereocenters. The van der Waals surface area contributed by atoms with Crippen LogP contribution in [0.1, 0.15) is 0 Å². The minimum absolute atomic E-state index is 1.03. The molecular weight excluding hydrogens is 532 g/mol. The fourth-order valence-corrected chi connectivity index (χ4v) is 5.61. The van der Waals surface area contributed by atoms with Gasteiger partial charge in [-0.25, -0.2) is 0 Å². The summed E-state index contributed by atoms with van der Waals surface area (Å²) in [5.41, 5.74) is 12.4. The van der Waals surface area contributed by atoms with Gasteiger partial charge in [0, 0.05) is 28.4 Å². The van der Waals surface area contributed by atoms with Crippen LogP contribution in [0.15, 0.2) is 188 Å². The van der Waals surface area contributed by atoms with Crippen molar-refractivity contribution >= 4 is 28.4 Å². The molecule has 7 aromatic rings. The maximum absolute atomic E-state index is 3.65. The van der Waals surface area contributed by atoms with Crippen LogP contribution >= 0.6 is 0 Å². The Morgan fingerprint density at radius 2 is 0.659 bits per heavy atom. The molecule has 0 spiro atoms. The molecule has 0 unspecified atom stereocenters. The van der Waals surface area contributed by atoms with Crippen molar-refractivity contribution in [3.63, 3.8) is 0 Å². The topological polar surface area (TPSA) is 15.3 Å². The molecule has 0 saturated heterocycles. The Balaban J connectivity index is 1.36. The lowest BCUT2D eigenvalue weighted by molar-refractivity contribution is 1.28. The van der Waals surface area contributed by atoms with Gasteiger partial charge in [-0.2, -0.15) is 0 Å². The van der Waals surface area contributed by atoms with E-state index in [0.29, 0.717) is 0 Å². The largest absolute Gasteiger partial charge is 0.355 e. The molecule has 2 nitrogen and oxygen atoms in total. The van der Waals surface area contributed by atoms with Crippen LogP contribution in [0.2, 0.25) is 0 Å².